The summed E-state index contributed by atoms with van der Waals surface area (Å²) in [6.07, 6.45) is 2.97. The van der Waals surface area contributed by atoms with Crippen LogP contribution in [0.25, 0.3) is 0 Å². The van der Waals surface area contributed by atoms with Gasteiger partial charge in [-0.15, -0.1) is 11.6 Å². The van der Waals surface area contributed by atoms with Crippen LogP contribution >= 0.6 is 11.6 Å². The lowest BCUT2D eigenvalue weighted by Gasteiger charge is -2.29. The lowest BCUT2D eigenvalue weighted by Crippen LogP contribution is -2.35. The minimum atomic E-state index is -0.392. The van der Waals surface area contributed by atoms with Crippen LogP contribution in [0.1, 0.15) is 32.4 Å². The summed E-state index contributed by atoms with van der Waals surface area (Å²) in [6.45, 7) is 5.66. The Kier molecular flexibility index (Phi) is 4.47. The first-order chi connectivity index (χ1) is 7.52. The second-order valence-electron chi connectivity index (χ2n) is 4.10. The Hall–Kier alpha value is -0.900. The van der Waals surface area contributed by atoms with Crippen molar-refractivity contribution in [1.82, 2.24) is 9.97 Å². The highest BCUT2D eigenvalue weighted by Gasteiger charge is 2.23. The molecule has 0 fully saturated rings. The molecule has 3 nitrogen and oxygen atoms in total. The number of nitrogens with one attached hydrogen (secondary N) is 1. The van der Waals surface area contributed by atoms with Crippen LogP contribution in [0.5, 0.6) is 0 Å². The first-order valence-corrected chi connectivity index (χ1v) is 5.87. The van der Waals surface area contributed by atoms with Gasteiger partial charge in [0.15, 0.2) is 11.6 Å². The first-order valence-electron chi connectivity index (χ1n) is 5.33. The molecule has 1 rings (SSSR count). The van der Waals surface area contributed by atoms with E-state index in [1.54, 1.807) is 6.92 Å². The molecule has 1 aromatic heterocycles. The number of nitrogens with zero attached hydrogens (tertiary/aromatic N) is 2. The molecule has 0 aliphatic rings. The number of anilines is 1. The van der Waals surface area contributed by atoms with Crippen LogP contribution in [0.2, 0.25) is 0 Å². The van der Waals surface area contributed by atoms with Crippen molar-refractivity contribution < 1.29 is 4.39 Å². The van der Waals surface area contributed by atoms with Gasteiger partial charge in [0.25, 0.3) is 0 Å². The molecule has 5 heteroatoms. The Morgan fingerprint density at radius 1 is 1.50 bits per heavy atom. The quantitative estimate of drug-likeness (QED) is 0.810. The molecule has 0 aliphatic carbocycles. The second-order valence-corrected chi connectivity index (χ2v) is 4.48. The van der Waals surface area contributed by atoms with Gasteiger partial charge in [0.2, 0.25) is 0 Å². The van der Waals surface area contributed by atoms with Gasteiger partial charge < -0.3 is 5.32 Å². The van der Waals surface area contributed by atoms with E-state index in [4.69, 9.17) is 11.6 Å². The minimum Gasteiger partial charge on any atom is -0.362 e. The third kappa shape index (κ3) is 3.04. The highest BCUT2D eigenvalue weighted by atomic mass is 35.5. The van der Waals surface area contributed by atoms with Crippen LogP contribution in [-0.2, 0) is 0 Å². The van der Waals surface area contributed by atoms with E-state index in [-0.39, 0.29) is 11.4 Å². The average molecular weight is 246 g/mol. The molecular formula is C11H17ClFN3. The van der Waals surface area contributed by atoms with Crippen molar-refractivity contribution in [3.8, 4) is 0 Å². The lowest BCUT2D eigenvalue weighted by atomic mass is 9.95. The molecule has 90 valence electrons. The van der Waals surface area contributed by atoms with Gasteiger partial charge in [0.1, 0.15) is 6.33 Å². The summed E-state index contributed by atoms with van der Waals surface area (Å²) in [6, 6.07) is 0. The average Bonchev–Trinajstić information content (AvgIpc) is 2.25. The van der Waals surface area contributed by atoms with Crippen LogP contribution in [-0.4, -0.2) is 21.4 Å². The summed E-state index contributed by atoms with van der Waals surface area (Å²) in [5, 5.41) is 3.10. The molecule has 0 saturated heterocycles. The van der Waals surface area contributed by atoms with Crippen LogP contribution < -0.4 is 5.32 Å². The number of aromatic nitrogens is 2. The minimum absolute atomic E-state index is 0.233. The fourth-order valence-electron chi connectivity index (χ4n) is 1.37. The number of hydrogen-bond acceptors (Lipinski definition) is 3. The van der Waals surface area contributed by atoms with E-state index < -0.39 is 5.82 Å². The maximum Gasteiger partial charge on any atom is 0.186 e. The highest BCUT2D eigenvalue weighted by Crippen LogP contribution is 2.23. The monoisotopic (exact) mass is 245 g/mol. The van der Waals surface area contributed by atoms with E-state index in [2.05, 4.69) is 15.3 Å². The molecular weight excluding hydrogens is 229 g/mol. The van der Waals surface area contributed by atoms with E-state index >= 15 is 0 Å². The largest absolute Gasteiger partial charge is 0.362 e. The van der Waals surface area contributed by atoms with Crippen LogP contribution in [0.3, 0.4) is 0 Å². The van der Waals surface area contributed by atoms with Crippen LogP contribution in [0, 0.1) is 12.7 Å². The predicted octanol–water partition coefficient (Wildman–Crippen LogP) is 3.13. The van der Waals surface area contributed by atoms with Crippen molar-refractivity contribution in [3.05, 3.63) is 17.8 Å². The molecule has 0 aromatic carbocycles. The first kappa shape index (κ1) is 13.2. The standard InChI is InChI=1S/C11H17ClFN3/c1-4-11(3,5-6-12)16-10-9(13)8(2)14-7-15-10/h7H,4-6H2,1-3H3,(H,14,15,16). The van der Waals surface area contributed by atoms with Gasteiger partial charge in [-0.25, -0.2) is 14.4 Å². The summed E-state index contributed by atoms with van der Waals surface area (Å²) in [4.78, 5) is 7.70. The molecule has 0 aliphatic heterocycles. The second kappa shape index (κ2) is 5.43. The SMILES string of the molecule is CCC(C)(CCCl)Nc1ncnc(C)c1F. The topological polar surface area (TPSA) is 37.8 Å². The molecule has 1 heterocycles. The maximum atomic E-state index is 13.7. The molecule has 1 atom stereocenters. The molecule has 0 amide bonds. The third-order valence-electron chi connectivity index (χ3n) is 2.81. The Morgan fingerprint density at radius 2 is 2.19 bits per heavy atom. The zero-order valence-electron chi connectivity index (χ0n) is 9.85. The molecule has 1 N–H and O–H groups in total. The van der Waals surface area contributed by atoms with E-state index in [0.717, 1.165) is 12.8 Å². The Balaban J connectivity index is 2.90. The van der Waals surface area contributed by atoms with Gasteiger partial charge in [0.05, 0.1) is 5.69 Å². The van der Waals surface area contributed by atoms with E-state index in [0.29, 0.717) is 11.6 Å². The van der Waals surface area contributed by atoms with Gasteiger partial charge in [0, 0.05) is 11.4 Å². The summed E-state index contributed by atoms with van der Waals surface area (Å²) in [5.41, 5.74) is 0.116. The number of rotatable bonds is 5. The fourth-order valence-corrected chi connectivity index (χ4v) is 1.78. The van der Waals surface area contributed by atoms with E-state index in [1.165, 1.54) is 6.33 Å². The fraction of sp³-hybridized carbons (Fsp3) is 0.636. The maximum absolute atomic E-state index is 13.7. The normalized spacial score (nSPS) is 14.6. The zero-order valence-corrected chi connectivity index (χ0v) is 10.6. The van der Waals surface area contributed by atoms with E-state index in [1.807, 2.05) is 13.8 Å². The number of alkyl halides is 1. The van der Waals surface area contributed by atoms with Gasteiger partial charge in [-0.1, -0.05) is 6.92 Å². The molecule has 0 saturated carbocycles. The van der Waals surface area contributed by atoms with Gasteiger partial charge in [-0.3, -0.25) is 0 Å². The van der Waals surface area contributed by atoms with Gasteiger partial charge in [-0.2, -0.15) is 0 Å². The van der Waals surface area contributed by atoms with Crippen LogP contribution in [0.15, 0.2) is 6.33 Å². The zero-order chi connectivity index (χ0) is 12.2. The molecule has 0 radical (unpaired) electrons. The van der Waals surface area contributed by atoms with Gasteiger partial charge >= 0.3 is 0 Å². The Morgan fingerprint density at radius 3 is 2.75 bits per heavy atom. The highest BCUT2D eigenvalue weighted by molar-refractivity contribution is 6.17. The lowest BCUT2D eigenvalue weighted by molar-refractivity contribution is 0.472. The third-order valence-corrected chi connectivity index (χ3v) is 3.00. The van der Waals surface area contributed by atoms with Crippen molar-refractivity contribution in [1.29, 1.82) is 0 Å². The number of aryl methyl sites for hydroxylation is 1. The van der Waals surface area contributed by atoms with Crippen molar-refractivity contribution in [2.75, 3.05) is 11.2 Å². The molecule has 1 aromatic rings. The van der Waals surface area contributed by atoms with Crippen molar-refractivity contribution >= 4 is 17.4 Å². The molecule has 0 spiro atoms. The summed E-state index contributed by atoms with van der Waals surface area (Å²) >= 11 is 5.74. The molecule has 0 bridgehead atoms. The molecule has 1 unspecified atom stereocenters. The molecule has 16 heavy (non-hydrogen) atoms. The Labute approximate surface area is 100 Å². The Bertz CT molecular complexity index is 359. The number of halogens is 2. The summed E-state index contributed by atoms with van der Waals surface area (Å²) in [5.74, 6) is 0.391. The van der Waals surface area contributed by atoms with Crippen LogP contribution in [0.4, 0.5) is 10.2 Å². The number of hydrogen-bond donors (Lipinski definition) is 1. The predicted molar refractivity (Wildman–Crippen MR) is 64.4 cm³/mol. The van der Waals surface area contributed by atoms with Crippen molar-refractivity contribution in [2.24, 2.45) is 0 Å². The van der Waals surface area contributed by atoms with E-state index in [9.17, 15) is 4.39 Å². The smallest absolute Gasteiger partial charge is 0.186 e. The van der Waals surface area contributed by atoms with Crippen molar-refractivity contribution in [2.45, 2.75) is 39.2 Å². The van der Waals surface area contributed by atoms with Gasteiger partial charge in [-0.05, 0) is 26.7 Å². The summed E-state index contributed by atoms with van der Waals surface area (Å²) < 4.78 is 13.7. The summed E-state index contributed by atoms with van der Waals surface area (Å²) in [7, 11) is 0. The van der Waals surface area contributed by atoms with Crippen molar-refractivity contribution in [3.63, 3.8) is 0 Å².